The number of benzene rings is 1. The molecule has 0 aliphatic carbocycles. The summed E-state index contributed by atoms with van der Waals surface area (Å²) in [6, 6.07) is 5.65. The lowest BCUT2D eigenvalue weighted by Gasteiger charge is -2.27. The molecule has 0 spiro atoms. The molecule has 1 rings (SSSR count). The van der Waals surface area contributed by atoms with E-state index in [-0.39, 0.29) is 17.9 Å². The standard InChI is InChI=1S/C17H26Cl2N4O/c1-6-20-16(21-10-15(24)23(4)5)22-11-17(2,3)12-7-8-13(18)14(19)9-12/h7-9H,6,10-11H2,1-5H3,(H2,20,21,22). The van der Waals surface area contributed by atoms with Gasteiger partial charge in [-0.2, -0.15) is 0 Å². The van der Waals surface area contributed by atoms with Crippen molar-refractivity contribution in [3.8, 4) is 0 Å². The molecule has 0 fully saturated rings. The van der Waals surface area contributed by atoms with Gasteiger partial charge in [0.2, 0.25) is 5.91 Å². The van der Waals surface area contributed by atoms with Crippen molar-refractivity contribution in [2.24, 2.45) is 4.99 Å². The molecule has 24 heavy (non-hydrogen) atoms. The fourth-order valence-corrected chi connectivity index (χ4v) is 2.25. The summed E-state index contributed by atoms with van der Waals surface area (Å²) in [5.74, 6) is 0.566. The number of amides is 1. The number of halogens is 2. The number of carbonyl (C=O) groups excluding carboxylic acids is 1. The molecule has 0 heterocycles. The van der Waals surface area contributed by atoms with Crippen LogP contribution in [0.3, 0.4) is 0 Å². The van der Waals surface area contributed by atoms with Gasteiger partial charge < -0.3 is 15.5 Å². The molecule has 2 N–H and O–H groups in total. The van der Waals surface area contributed by atoms with Crippen LogP contribution in [0.25, 0.3) is 0 Å². The van der Waals surface area contributed by atoms with Gasteiger partial charge in [-0.15, -0.1) is 0 Å². The molecule has 0 bridgehead atoms. The number of rotatable bonds is 6. The molecular formula is C17H26Cl2N4O. The topological polar surface area (TPSA) is 56.7 Å². The number of nitrogens with one attached hydrogen (secondary N) is 2. The minimum atomic E-state index is -0.185. The Balaban J connectivity index is 2.78. The Kier molecular flexibility index (Phi) is 7.84. The molecule has 7 heteroatoms. The first kappa shape index (κ1) is 20.6. The second-order valence-electron chi connectivity index (χ2n) is 6.35. The van der Waals surface area contributed by atoms with E-state index in [4.69, 9.17) is 23.2 Å². The Hall–Kier alpha value is -1.46. The molecule has 134 valence electrons. The molecule has 0 radical (unpaired) electrons. The molecule has 0 unspecified atom stereocenters. The lowest BCUT2D eigenvalue weighted by atomic mass is 9.84. The van der Waals surface area contributed by atoms with Crippen LogP contribution in [0.5, 0.6) is 0 Å². The average Bonchev–Trinajstić information content (AvgIpc) is 2.52. The monoisotopic (exact) mass is 372 g/mol. The maximum Gasteiger partial charge on any atom is 0.243 e. The number of aliphatic imine (C=N–C) groups is 1. The van der Waals surface area contributed by atoms with E-state index in [2.05, 4.69) is 29.5 Å². The van der Waals surface area contributed by atoms with Crippen molar-refractivity contribution < 1.29 is 4.79 Å². The summed E-state index contributed by atoms with van der Waals surface area (Å²) in [6.45, 7) is 7.65. The van der Waals surface area contributed by atoms with Gasteiger partial charge in [0, 0.05) is 32.6 Å². The van der Waals surface area contributed by atoms with Crippen molar-refractivity contribution in [3.63, 3.8) is 0 Å². The maximum absolute atomic E-state index is 11.7. The molecule has 1 aromatic carbocycles. The number of hydrogen-bond acceptors (Lipinski definition) is 2. The van der Waals surface area contributed by atoms with Gasteiger partial charge in [-0.25, -0.2) is 4.99 Å². The summed E-state index contributed by atoms with van der Waals surface area (Å²) in [4.78, 5) is 17.5. The lowest BCUT2D eigenvalue weighted by Crippen LogP contribution is -2.44. The molecule has 0 saturated heterocycles. The van der Waals surface area contributed by atoms with Crippen molar-refractivity contribution in [2.75, 3.05) is 33.7 Å². The van der Waals surface area contributed by atoms with E-state index in [9.17, 15) is 4.79 Å². The van der Waals surface area contributed by atoms with E-state index in [1.165, 1.54) is 4.90 Å². The summed E-state index contributed by atoms with van der Waals surface area (Å²) >= 11 is 12.1. The highest BCUT2D eigenvalue weighted by molar-refractivity contribution is 6.42. The fraction of sp³-hybridized carbons (Fsp3) is 0.529. The summed E-state index contributed by atoms with van der Waals surface area (Å²) in [5, 5.41) is 7.51. The predicted molar refractivity (Wildman–Crippen MR) is 102 cm³/mol. The van der Waals surface area contributed by atoms with E-state index in [1.54, 1.807) is 20.2 Å². The summed E-state index contributed by atoms with van der Waals surface area (Å²) < 4.78 is 0. The van der Waals surface area contributed by atoms with Gasteiger partial charge in [-0.3, -0.25) is 4.79 Å². The predicted octanol–water partition coefficient (Wildman–Crippen LogP) is 2.91. The van der Waals surface area contributed by atoms with Crippen molar-refractivity contribution in [2.45, 2.75) is 26.2 Å². The molecule has 5 nitrogen and oxygen atoms in total. The molecule has 0 aromatic heterocycles. The summed E-state index contributed by atoms with van der Waals surface area (Å²) in [6.07, 6.45) is 0. The molecular weight excluding hydrogens is 347 g/mol. The fourth-order valence-electron chi connectivity index (χ4n) is 1.95. The summed E-state index contributed by atoms with van der Waals surface area (Å²) in [5.41, 5.74) is 0.889. The number of guanidine groups is 1. The zero-order valence-corrected chi connectivity index (χ0v) is 16.4. The highest BCUT2D eigenvalue weighted by Gasteiger charge is 2.22. The van der Waals surface area contributed by atoms with Crippen LogP contribution in [-0.4, -0.2) is 50.5 Å². The molecule has 0 aliphatic rings. The maximum atomic E-state index is 11.7. The Labute approximate surface area is 154 Å². The first-order valence-electron chi connectivity index (χ1n) is 7.85. The molecule has 1 aromatic rings. The van der Waals surface area contributed by atoms with Gasteiger partial charge >= 0.3 is 0 Å². The second-order valence-corrected chi connectivity index (χ2v) is 7.16. The Bertz CT molecular complexity index is 600. The van der Waals surface area contributed by atoms with E-state index in [1.807, 2.05) is 19.1 Å². The number of hydrogen-bond donors (Lipinski definition) is 2. The van der Waals surface area contributed by atoms with E-state index in [0.29, 0.717) is 22.5 Å². The van der Waals surface area contributed by atoms with Crippen LogP contribution in [0, 0.1) is 0 Å². The average molecular weight is 373 g/mol. The summed E-state index contributed by atoms with van der Waals surface area (Å²) in [7, 11) is 3.43. The van der Waals surface area contributed by atoms with Crippen LogP contribution in [0.15, 0.2) is 23.2 Å². The second kappa shape index (κ2) is 9.14. The Morgan fingerprint density at radius 2 is 1.88 bits per heavy atom. The van der Waals surface area contributed by atoms with Crippen LogP contribution in [0.1, 0.15) is 26.3 Å². The van der Waals surface area contributed by atoms with Crippen LogP contribution in [0.4, 0.5) is 0 Å². The van der Waals surface area contributed by atoms with Gasteiger partial charge in [0.1, 0.15) is 6.54 Å². The van der Waals surface area contributed by atoms with Crippen molar-refractivity contribution in [3.05, 3.63) is 33.8 Å². The molecule has 0 atom stereocenters. The molecule has 0 saturated carbocycles. The van der Waals surface area contributed by atoms with E-state index >= 15 is 0 Å². The normalized spacial score (nSPS) is 12.0. The van der Waals surface area contributed by atoms with Crippen molar-refractivity contribution >= 4 is 35.1 Å². The van der Waals surface area contributed by atoms with E-state index < -0.39 is 0 Å². The number of nitrogens with zero attached hydrogens (tertiary/aromatic N) is 2. The Morgan fingerprint density at radius 1 is 1.21 bits per heavy atom. The smallest absolute Gasteiger partial charge is 0.243 e. The highest BCUT2D eigenvalue weighted by atomic mass is 35.5. The first-order valence-corrected chi connectivity index (χ1v) is 8.61. The van der Waals surface area contributed by atoms with E-state index in [0.717, 1.165) is 12.1 Å². The molecule has 1 amide bonds. The third kappa shape index (κ3) is 6.21. The third-order valence-corrected chi connectivity index (χ3v) is 4.35. The zero-order valence-electron chi connectivity index (χ0n) is 14.9. The van der Waals surface area contributed by atoms with Crippen LogP contribution >= 0.6 is 23.2 Å². The number of carbonyl (C=O) groups is 1. The van der Waals surface area contributed by atoms with Crippen LogP contribution < -0.4 is 10.6 Å². The van der Waals surface area contributed by atoms with Crippen LogP contribution in [0.2, 0.25) is 10.0 Å². The first-order chi connectivity index (χ1) is 11.2. The van der Waals surface area contributed by atoms with Gasteiger partial charge in [0.05, 0.1) is 10.0 Å². The third-order valence-electron chi connectivity index (χ3n) is 3.61. The van der Waals surface area contributed by atoms with Crippen molar-refractivity contribution in [1.82, 2.24) is 15.5 Å². The Morgan fingerprint density at radius 3 is 2.42 bits per heavy atom. The van der Waals surface area contributed by atoms with Gasteiger partial charge in [-0.05, 0) is 24.6 Å². The zero-order chi connectivity index (χ0) is 18.3. The SMILES string of the molecule is CCNC(=NCC(=O)N(C)C)NCC(C)(C)c1ccc(Cl)c(Cl)c1. The number of likely N-dealkylation sites (N-methyl/N-ethyl adjacent to an activating group) is 1. The molecule has 0 aliphatic heterocycles. The highest BCUT2D eigenvalue weighted by Crippen LogP contribution is 2.29. The quantitative estimate of drug-likeness (QED) is 0.596. The lowest BCUT2D eigenvalue weighted by molar-refractivity contribution is -0.127. The minimum absolute atomic E-state index is 0.0454. The van der Waals surface area contributed by atoms with Gasteiger partial charge in [0.25, 0.3) is 0 Å². The largest absolute Gasteiger partial charge is 0.357 e. The minimum Gasteiger partial charge on any atom is -0.357 e. The van der Waals surface area contributed by atoms with Gasteiger partial charge in [-0.1, -0.05) is 43.1 Å². The van der Waals surface area contributed by atoms with Gasteiger partial charge in [0.15, 0.2) is 5.96 Å². The van der Waals surface area contributed by atoms with Crippen molar-refractivity contribution in [1.29, 1.82) is 0 Å². The van der Waals surface area contributed by atoms with Crippen LogP contribution in [-0.2, 0) is 10.2 Å².